The molecule has 10 heteroatoms. The molecule has 0 aliphatic heterocycles. The minimum atomic E-state index is -4.04. The summed E-state index contributed by atoms with van der Waals surface area (Å²) in [5.41, 5.74) is 2.00. The second-order valence-corrected chi connectivity index (χ2v) is 6.07. The van der Waals surface area contributed by atoms with Gasteiger partial charge in [-0.25, -0.2) is 13.1 Å². The highest BCUT2D eigenvalue weighted by atomic mass is 32.2. The Morgan fingerprint density at radius 3 is 2.67 bits per heavy atom. The Kier molecular flexibility index (Phi) is 6.03. The fourth-order valence-electron chi connectivity index (χ4n) is 1.65. The number of rotatable bonds is 8. The summed E-state index contributed by atoms with van der Waals surface area (Å²) >= 11 is 0. The van der Waals surface area contributed by atoms with E-state index in [0.29, 0.717) is 13.0 Å². The molecule has 1 aromatic rings. The lowest BCUT2D eigenvalue weighted by Gasteiger charge is -2.14. The number of benzene rings is 1. The number of nitrogen functional groups attached to an aromatic ring is 1. The van der Waals surface area contributed by atoms with Crippen LogP contribution in [0.1, 0.15) is 13.3 Å². The average molecular weight is 318 g/mol. The molecule has 1 atom stereocenters. The fourth-order valence-corrected chi connectivity index (χ4v) is 3.13. The van der Waals surface area contributed by atoms with Gasteiger partial charge in [-0.05, 0) is 25.5 Å². The van der Waals surface area contributed by atoms with Gasteiger partial charge in [0.2, 0.25) is 10.0 Å². The van der Waals surface area contributed by atoms with Gasteiger partial charge in [0.25, 0.3) is 5.69 Å². The van der Waals surface area contributed by atoms with Gasteiger partial charge in [-0.3, -0.25) is 16.0 Å². The number of hydrogen-bond donors (Lipinski definition) is 3. The van der Waals surface area contributed by atoms with Crippen LogP contribution in [0.5, 0.6) is 0 Å². The molecule has 0 radical (unpaired) electrons. The van der Waals surface area contributed by atoms with Crippen LogP contribution >= 0.6 is 0 Å². The lowest BCUT2D eigenvalue weighted by molar-refractivity contribution is -0.387. The highest BCUT2D eigenvalue weighted by molar-refractivity contribution is 7.89. The summed E-state index contributed by atoms with van der Waals surface area (Å²) in [5, 5.41) is 11.0. The summed E-state index contributed by atoms with van der Waals surface area (Å²) < 4.78 is 31.8. The van der Waals surface area contributed by atoms with E-state index in [1.807, 2.05) is 0 Å². The van der Waals surface area contributed by atoms with Crippen molar-refractivity contribution in [1.82, 2.24) is 4.72 Å². The smallest absolute Gasteiger partial charge is 0.289 e. The highest BCUT2D eigenvalue weighted by Gasteiger charge is 2.27. The quantitative estimate of drug-likeness (QED) is 0.362. The first kappa shape index (κ1) is 17.3. The van der Waals surface area contributed by atoms with Gasteiger partial charge in [0, 0.05) is 25.8 Å². The molecule has 0 spiro atoms. The van der Waals surface area contributed by atoms with E-state index in [1.54, 1.807) is 6.92 Å². The van der Waals surface area contributed by atoms with Crippen molar-refractivity contribution >= 4 is 21.4 Å². The third-order valence-corrected chi connectivity index (χ3v) is 4.34. The van der Waals surface area contributed by atoms with Gasteiger partial charge in [-0.15, -0.1) is 0 Å². The molecular formula is C11H18N4O5S. The van der Waals surface area contributed by atoms with Crippen LogP contribution in [0.15, 0.2) is 23.1 Å². The van der Waals surface area contributed by atoms with Crippen molar-refractivity contribution in [3.8, 4) is 0 Å². The van der Waals surface area contributed by atoms with E-state index in [1.165, 1.54) is 13.2 Å². The summed E-state index contributed by atoms with van der Waals surface area (Å²) in [6.45, 7) is 2.02. The summed E-state index contributed by atoms with van der Waals surface area (Å²) in [4.78, 5) is 9.77. The molecule has 0 fully saturated rings. The number of anilines is 1. The van der Waals surface area contributed by atoms with Crippen LogP contribution < -0.4 is 16.0 Å². The van der Waals surface area contributed by atoms with Crippen molar-refractivity contribution in [3.63, 3.8) is 0 Å². The molecule has 1 aromatic carbocycles. The Morgan fingerprint density at radius 1 is 1.48 bits per heavy atom. The van der Waals surface area contributed by atoms with E-state index in [0.717, 1.165) is 12.1 Å². The molecule has 21 heavy (non-hydrogen) atoms. The number of methoxy groups -OCH3 is 1. The summed E-state index contributed by atoms with van der Waals surface area (Å²) in [6.07, 6.45) is 0.443. The van der Waals surface area contributed by atoms with Crippen LogP contribution in [-0.2, 0) is 14.8 Å². The fraction of sp³-hybridized carbons (Fsp3) is 0.455. The summed E-state index contributed by atoms with van der Waals surface area (Å²) in [6, 6.07) is 3.10. The van der Waals surface area contributed by atoms with Crippen LogP contribution in [0.4, 0.5) is 11.4 Å². The topological polar surface area (TPSA) is 137 Å². The van der Waals surface area contributed by atoms with Crippen LogP contribution in [-0.4, -0.2) is 33.1 Å². The standard InChI is InChI=1S/C11H18N4O5S/c1-8(5-6-20-2)14-21(18,19)11-7-9(13-12)3-4-10(11)15(16)17/h3-4,7-8,13-14H,5-6,12H2,1-2H3. The number of nitrogens with one attached hydrogen (secondary N) is 2. The van der Waals surface area contributed by atoms with Gasteiger partial charge in [-0.2, -0.15) is 0 Å². The molecule has 0 aliphatic carbocycles. The zero-order valence-corrected chi connectivity index (χ0v) is 12.5. The number of hydrogen-bond acceptors (Lipinski definition) is 7. The molecule has 0 bridgehead atoms. The van der Waals surface area contributed by atoms with Crippen LogP contribution in [0.3, 0.4) is 0 Å². The average Bonchev–Trinajstić information content (AvgIpc) is 2.43. The van der Waals surface area contributed by atoms with Crippen molar-refractivity contribution in [3.05, 3.63) is 28.3 Å². The van der Waals surface area contributed by atoms with E-state index in [-0.39, 0.29) is 5.69 Å². The molecule has 0 saturated carbocycles. The van der Waals surface area contributed by atoms with Crippen molar-refractivity contribution in [2.75, 3.05) is 19.1 Å². The van der Waals surface area contributed by atoms with Gasteiger partial charge in [0.1, 0.15) is 0 Å². The zero-order valence-electron chi connectivity index (χ0n) is 11.7. The molecule has 4 N–H and O–H groups in total. The lowest BCUT2D eigenvalue weighted by atomic mass is 10.3. The van der Waals surface area contributed by atoms with Gasteiger partial charge in [0.05, 0.1) is 10.6 Å². The monoisotopic (exact) mass is 318 g/mol. The normalized spacial score (nSPS) is 12.9. The number of nitro benzene ring substituents is 1. The molecular weight excluding hydrogens is 300 g/mol. The molecule has 0 saturated heterocycles. The molecule has 0 amide bonds. The van der Waals surface area contributed by atoms with Crippen LogP contribution in [0, 0.1) is 10.1 Å². The number of nitrogens with zero attached hydrogens (tertiary/aromatic N) is 1. The second kappa shape index (κ2) is 7.31. The van der Waals surface area contributed by atoms with Gasteiger partial charge in [0.15, 0.2) is 4.90 Å². The van der Waals surface area contributed by atoms with Gasteiger partial charge < -0.3 is 10.2 Å². The first-order valence-corrected chi connectivity index (χ1v) is 7.56. The first-order valence-electron chi connectivity index (χ1n) is 6.08. The van der Waals surface area contributed by atoms with Gasteiger partial charge >= 0.3 is 0 Å². The molecule has 1 unspecified atom stereocenters. The number of hydrazine groups is 1. The SMILES string of the molecule is COCCC(C)NS(=O)(=O)c1cc(NN)ccc1[N+](=O)[O-]. The maximum absolute atomic E-state index is 12.3. The largest absolute Gasteiger partial charge is 0.385 e. The molecule has 0 aromatic heterocycles. The summed E-state index contributed by atoms with van der Waals surface area (Å²) in [5.74, 6) is 5.20. The molecule has 9 nitrogen and oxygen atoms in total. The first-order chi connectivity index (χ1) is 9.81. The third-order valence-electron chi connectivity index (χ3n) is 2.72. The zero-order chi connectivity index (χ0) is 16.0. The maximum atomic E-state index is 12.3. The van der Waals surface area contributed by atoms with E-state index >= 15 is 0 Å². The Hall–Kier alpha value is -1.75. The minimum Gasteiger partial charge on any atom is -0.385 e. The molecule has 0 aliphatic rings. The van der Waals surface area contributed by atoms with Crippen LogP contribution in [0.2, 0.25) is 0 Å². The highest BCUT2D eigenvalue weighted by Crippen LogP contribution is 2.26. The number of ether oxygens (including phenoxy) is 1. The Labute approximate surface area is 122 Å². The van der Waals surface area contributed by atoms with Gasteiger partial charge in [-0.1, -0.05) is 0 Å². The van der Waals surface area contributed by atoms with Crippen molar-refractivity contribution in [2.45, 2.75) is 24.3 Å². The maximum Gasteiger partial charge on any atom is 0.289 e. The predicted molar refractivity (Wildman–Crippen MR) is 77.2 cm³/mol. The molecule has 118 valence electrons. The van der Waals surface area contributed by atoms with E-state index in [2.05, 4.69) is 10.1 Å². The summed E-state index contributed by atoms with van der Waals surface area (Å²) in [7, 11) is -2.54. The second-order valence-electron chi connectivity index (χ2n) is 4.39. The number of nitro groups is 1. The van der Waals surface area contributed by atoms with E-state index in [9.17, 15) is 18.5 Å². The van der Waals surface area contributed by atoms with Crippen molar-refractivity contribution in [2.24, 2.45) is 5.84 Å². The van der Waals surface area contributed by atoms with E-state index < -0.39 is 31.6 Å². The van der Waals surface area contributed by atoms with Crippen molar-refractivity contribution < 1.29 is 18.1 Å². The predicted octanol–water partition coefficient (Wildman–Crippen LogP) is 0.584. The molecule has 1 rings (SSSR count). The number of nitrogens with two attached hydrogens (primary N) is 1. The number of sulfonamides is 1. The minimum absolute atomic E-state index is 0.255. The Morgan fingerprint density at radius 2 is 2.14 bits per heavy atom. The van der Waals surface area contributed by atoms with E-state index in [4.69, 9.17) is 10.6 Å². The van der Waals surface area contributed by atoms with Crippen LogP contribution in [0.25, 0.3) is 0 Å². The Balaban J connectivity index is 3.14. The Bertz CT molecular complexity index is 605. The lowest BCUT2D eigenvalue weighted by Crippen LogP contribution is -2.33. The third kappa shape index (κ3) is 4.63. The van der Waals surface area contributed by atoms with Crippen molar-refractivity contribution in [1.29, 1.82) is 0 Å². The molecule has 0 heterocycles.